The molecule has 1 aromatic rings. The molecule has 5 aliphatic rings. The molecular weight excluding hydrogens is 576 g/mol. The lowest BCUT2D eigenvalue weighted by Gasteiger charge is -2.72. The highest BCUT2D eigenvalue weighted by atomic mass is 16.6. The van der Waals surface area contributed by atoms with Crippen molar-refractivity contribution in [1.29, 1.82) is 0 Å². The first-order valence-electron chi connectivity index (χ1n) is 17.6. The fourth-order valence-electron chi connectivity index (χ4n) is 12.3. The molecule has 0 bridgehead atoms. The Labute approximate surface area is 275 Å². The summed E-state index contributed by atoms with van der Waals surface area (Å²) in [6.45, 7) is 17.5. The minimum absolute atomic E-state index is 0.0613. The first-order chi connectivity index (χ1) is 21.3. The molecule has 11 atom stereocenters. The summed E-state index contributed by atoms with van der Waals surface area (Å²) in [5, 5.41) is 33.5. The highest BCUT2D eigenvalue weighted by molar-refractivity contribution is 5.87. The number of fused-ring (bicyclic) bond motifs is 7. The number of hydrogen-bond acceptors (Lipinski definition) is 6. The topological polar surface area (TPSA) is 104 Å². The highest BCUT2D eigenvalue weighted by Gasteiger charge is 2.71. The second kappa shape index (κ2) is 10.8. The SMILES string of the molecule is CC(=O)[C@]12CC[C@@H](C)[C@@](C)(O)C1C1=CCC3[C@@]4(C)C[C@@H](O)[C@H](OC(=O)/C=C/c5ccc(O)cc5)C(C)(C)C4CC[C@@]3(C)[C@]1(C)CC2. The summed E-state index contributed by atoms with van der Waals surface area (Å²) >= 11 is 0. The predicted molar refractivity (Wildman–Crippen MR) is 180 cm³/mol. The number of ether oxygens (including phenoxy) is 1. The van der Waals surface area contributed by atoms with Gasteiger partial charge >= 0.3 is 5.97 Å². The summed E-state index contributed by atoms with van der Waals surface area (Å²) in [5.41, 5.74) is -0.193. The number of aliphatic hydroxyl groups excluding tert-OH is 1. The molecule has 46 heavy (non-hydrogen) atoms. The summed E-state index contributed by atoms with van der Waals surface area (Å²) in [5.74, 6) is 0.426. The van der Waals surface area contributed by atoms with Crippen molar-refractivity contribution in [3.63, 3.8) is 0 Å². The van der Waals surface area contributed by atoms with E-state index in [1.807, 2.05) is 6.92 Å². The molecule has 6 nitrogen and oxygen atoms in total. The summed E-state index contributed by atoms with van der Waals surface area (Å²) < 4.78 is 6.05. The van der Waals surface area contributed by atoms with E-state index in [1.165, 1.54) is 11.6 Å². The van der Waals surface area contributed by atoms with Gasteiger partial charge in [0.2, 0.25) is 0 Å². The standard InChI is InChI=1S/C40H56O6/c1-24-17-20-40(25(2)41)22-21-37(6)28(33(40)39(24,8)45)14-15-31-36(5)23-29(43)34(35(3,4)30(36)18-19-38(31,37)7)46-32(44)16-11-26-9-12-27(42)13-10-26/h9-14,16,24,29-31,33-34,42-43,45H,15,17-23H2,1-8H3/b16-11+/t24-,29-,30?,31?,33?,34+,36+,37-,38-,39-,40-/m1/s1. The fraction of sp³-hybridized carbons (Fsp3) is 0.700. The summed E-state index contributed by atoms with van der Waals surface area (Å²) in [7, 11) is 0. The van der Waals surface area contributed by atoms with Crippen LogP contribution in [0.2, 0.25) is 0 Å². The first kappa shape index (κ1) is 33.5. The van der Waals surface area contributed by atoms with Gasteiger partial charge in [0.05, 0.1) is 11.7 Å². The van der Waals surface area contributed by atoms with Crippen LogP contribution < -0.4 is 0 Å². The third kappa shape index (κ3) is 4.55. The van der Waals surface area contributed by atoms with E-state index in [9.17, 15) is 24.9 Å². The maximum atomic E-state index is 13.5. The molecule has 6 rings (SSSR count). The smallest absolute Gasteiger partial charge is 0.331 e. The van der Waals surface area contributed by atoms with Crippen LogP contribution in [0.1, 0.15) is 112 Å². The summed E-state index contributed by atoms with van der Waals surface area (Å²) in [6.07, 6.45) is 11.0. The summed E-state index contributed by atoms with van der Waals surface area (Å²) in [4.78, 5) is 26.5. The third-order valence-electron chi connectivity index (χ3n) is 15.2. The number of aliphatic hydroxyl groups is 2. The Bertz CT molecular complexity index is 1450. The van der Waals surface area contributed by atoms with Gasteiger partial charge in [-0.05, 0) is 123 Å². The van der Waals surface area contributed by atoms with Crippen LogP contribution in [0.25, 0.3) is 6.08 Å². The van der Waals surface area contributed by atoms with Crippen LogP contribution in [0, 0.1) is 50.7 Å². The zero-order valence-electron chi connectivity index (χ0n) is 29.2. The van der Waals surface area contributed by atoms with Crippen molar-refractivity contribution in [1.82, 2.24) is 0 Å². The molecule has 0 spiro atoms. The Morgan fingerprint density at radius 3 is 2.26 bits per heavy atom. The number of phenolic OH excluding ortho intramolecular Hbond substituents is 1. The number of allylic oxidation sites excluding steroid dienone is 1. The van der Waals surface area contributed by atoms with E-state index in [0.717, 1.165) is 50.5 Å². The van der Waals surface area contributed by atoms with Crippen LogP contribution in [0.3, 0.4) is 0 Å². The van der Waals surface area contributed by atoms with Gasteiger partial charge in [0.15, 0.2) is 0 Å². The number of phenols is 1. The second-order valence-electron chi connectivity index (χ2n) is 17.5. The number of aromatic hydroxyl groups is 1. The van der Waals surface area contributed by atoms with Crippen molar-refractivity contribution in [2.45, 2.75) is 125 Å². The van der Waals surface area contributed by atoms with E-state index in [-0.39, 0.29) is 45.5 Å². The Hall–Kier alpha value is -2.44. The molecule has 0 aromatic heterocycles. The average molecular weight is 633 g/mol. The van der Waals surface area contributed by atoms with Crippen molar-refractivity contribution in [3.05, 3.63) is 47.6 Å². The second-order valence-corrected chi connectivity index (χ2v) is 17.5. The fourth-order valence-corrected chi connectivity index (χ4v) is 12.3. The van der Waals surface area contributed by atoms with Gasteiger partial charge in [-0.2, -0.15) is 0 Å². The maximum absolute atomic E-state index is 13.5. The van der Waals surface area contributed by atoms with E-state index < -0.39 is 34.6 Å². The maximum Gasteiger partial charge on any atom is 0.331 e. The normalized spacial score (nSPS) is 46.3. The number of hydrogen-bond donors (Lipinski definition) is 3. The molecule has 0 saturated heterocycles. The van der Waals surface area contributed by atoms with E-state index >= 15 is 0 Å². The molecule has 3 N–H and O–H groups in total. The molecule has 0 radical (unpaired) electrons. The molecule has 6 heteroatoms. The van der Waals surface area contributed by atoms with Crippen LogP contribution in [0.15, 0.2) is 42.0 Å². The van der Waals surface area contributed by atoms with Crippen LogP contribution >= 0.6 is 0 Å². The number of carbonyl (C=O) groups is 2. The molecule has 0 heterocycles. The minimum atomic E-state index is -0.946. The number of carbonyl (C=O) groups excluding carboxylic acids is 2. The molecule has 0 amide bonds. The van der Waals surface area contributed by atoms with Gasteiger partial charge < -0.3 is 20.1 Å². The van der Waals surface area contributed by atoms with Crippen LogP contribution in [-0.4, -0.2) is 44.9 Å². The Morgan fingerprint density at radius 1 is 0.935 bits per heavy atom. The quantitative estimate of drug-likeness (QED) is 0.179. The van der Waals surface area contributed by atoms with Gasteiger partial charge in [-0.3, -0.25) is 4.79 Å². The lowest BCUT2D eigenvalue weighted by atomic mass is 9.32. The molecule has 4 fully saturated rings. The highest BCUT2D eigenvalue weighted by Crippen LogP contribution is 2.76. The zero-order chi connectivity index (χ0) is 33.7. The van der Waals surface area contributed by atoms with Crippen molar-refractivity contribution >= 4 is 17.8 Å². The number of esters is 1. The van der Waals surface area contributed by atoms with Crippen LogP contribution in [-0.2, 0) is 14.3 Å². The first-order valence-corrected chi connectivity index (χ1v) is 17.6. The zero-order valence-corrected chi connectivity index (χ0v) is 29.2. The molecular formula is C40H56O6. The van der Waals surface area contributed by atoms with Crippen molar-refractivity contribution in [3.8, 4) is 5.75 Å². The number of rotatable bonds is 4. The van der Waals surface area contributed by atoms with Crippen molar-refractivity contribution in [2.75, 3.05) is 0 Å². The van der Waals surface area contributed by atoms with Gasteiger partial charge in [-0.15, -0.1) is 0 Å². The Kier molecular flexibility index (Phi) is 7.84. The van der Waals surface area contributed by atoms with Crippen molar-refractivity contribution < 1.29 is 29.6 Å². The summed E-state index contributed by atoms with van der Waals surface area (Å²) in [6, 6.07) is 6.61. The molecule has 3 unspecified atom stereocenters. The van der Waals surface area contributed by atoms with Gasteiger partial charge in [-0.25, -0.2) is 4.79 Å². The van der Waals surface area contributed by atoms with Crippen LogP contribution in [0.4, 0.5) is 0 Å². The Morgan fingerprint density at radius 2 is 1.61 bits per heavy atom. The van der Waals surface area contributed by atoms with Gasteiger partial charge in [-0.1, -0.05) is 65.3 Å². The van der Waals surface area contributed by atoms with E-state index in [2.05, 4.69) is 47.6 Å². The Balaban J connectivity index is 1.31. The van der Waals surface area contributed by atoms with Gasteiger partial charge in [0, 0.05) is 22.8 Å². The van der Waals surface area contributed by atoms with Gasteiger partial charge in [0.25, 0.3) is 0 Å². The number of benzene rings is 1. The lowest BCUT2D eigenvalue weighted by Crippen LogP contribution is -2.69. The monoisotopic (exact) mass is 632 g/mol. The molecule has 1 aromatic carbocycles. The molecule has 4 saturated carbocycles. The number of Topliss-reactive ketones (excluding diaryl/α,β-unsaturated/α-hetero) is 1. The predicted octanol–water partition coefficient (Wildman–Crippen LogP) is 7.65. The van der Waals surface area contributed by atoms with Gasteiger partial charge in [0.1, 0.15) is 17.6 Å². The van der Waals surface area contributed by atoms with Crippen LogP contribution in [0.5, 0.6) is 5.75 Å². The molecule has 0 aliphatic heterocycles. The lowest BCUT2D eigenvalue weighted by molar-refractivity contribution is -0.241. The number of ketones is 1. The van der Waals surface area contributed by atoms with E-state index in [4.69, 9.17) is 4.74 Å². The third-order valence-corrected chi connectivity index (χ3v) is 15.2. The average Bonchev–Trinajstić information content (AvgIpc) is 2.97. The molecule has 5 aliphatic carbocycles. The largest absolute Gasteiger partial charge is 0.508 e. The molecule has 252 valence electrons. The minimum Gasteiger partial charge on any atom is -0.508 e. The van der Waals surface area contributed by atoms with Crippen molar-refractivity contribution in [2.24, 2.45) is 50.7 Å². The van der Waals surface area contributed by atoms with E-state index in [0.29, 0.717) is 12.3 Å². The van der Waals surface area contributed by atoms with E-state index in [1.54, 1.807) is 37.3 Å².